The molecule has 150 valence electrons. The van der Waals surface area contributed by atoms with Gasteiger partial charge in [-0.05, 0) is 49.9 Å². The number of rotatable bonds is 5. The van der Waals surface area contributed by atoms with E-state index >= 15 is 0 Å². The number of nitrogens with zero attached hydrogens (tertiary/aromatic N) is 2. The summed E-state index contributed by atoms with van der Waals surface area (Å²) < 4.78 is 5.98. The van der Waals surface area contributed by atoms with Crippen LogP contribution in [-0.4, -0.2) is 40.9 Å². The van der Waals surface area contributed by atoms with Crippen LogP contribution in [0.25, 0.3) is 0 Å². The van der Waals surface area contributed by atoms with Crippen molar-refractivity contribution in [1.29, 1.82) is 0 Å². The van der Waals surface area contributed by atoms with Crippen LogP contribution in [0.4, 0.5) is 10.5 Å². The number of pyridine rings is 1. The summed E-state index contributed by atoms with van der Waals surface area (Å²) in [7, 11) is 1.43. The predicted molar refractivity (Wildman–Crippen MR) is 106 cm³/mol. The number of nitrogens with one attached hydrogen (secondary N) is 2. The van der Waals surface area contributed by atoms with Crippen LogP contribution in [0.15, 0.2) is 36.5 Å². The standard InChI is InChI=1S/C21H22N4O4/c1-25-19(26)16-9-8-14(11-17(16)20(25)27)24-21(28)23-12-13-5-4-10-22-18(13)29-15-6-2-3-7-15/h4-5,8-11,15H,2-3,6-7,12H2,1H3,(H2,23,24,28). The van der Waals surface area contributed by atoms with Crippen molar-refractivity contribution in [1.82, 2.24) is 15.2 Å². The van der Waals surface area contributed by atoms with E-state index in [0.29, 0.717) is 17.1 Å². The molecule has 8 heteroatoms. The van der Waals surface area contributed by atoms with E-state index in [9.17, 15) is 14.4 Å². The first-order valence-corrected chi connectivity index (χ1v) is 9.65. The lowest BCUT2D eigenvalue weighted by atomic mass is 10.1. The Morgan fingerprint density at radius 2 is 1.93 bits per heavy atom. The second kappa shape index (κ2) is 7.90. The summed E-state index contributed by atoms with van der Waals surface area (Å²) in [4.78, 5) is 41.7. The zero-order chi connectivity index (χ0) is 20.4. The molecule has 1 fully saturated rings. The molecule has 0 unspecified atom stereocenters. The van der Waals surface area contributed by atoms with Gasteiger partial charge < -0.3 is 15.4 Å². The number of urea groups is 1. The van der Waals surface area contributed by atoms with Crippen LogP contribution in [0, 0.1) is 0 Å². The maximum Gasteiger partial charge on any atom is 0.319 e. The van der Waals surface area contributed by atoms with E-state index in [1.54, 1.807) is 24.4 Å². The Bertz CT molecular complexity index is 969. The van der Waals surface area contributed by atoms with Crippen LogP contribution >= 0.6 is 0 Å². The molecule has 1 aromatic carbocycles. The molecule has 4 rings (SSSR count). The van der Waals surface area contributed by atoms with Crippen molar-refractivity contribution in [2.24, 2.45) is 0 Å². The molecule has 2 aromatic rings. The Hall–Kier alpha value is -3.42. The number of anilines is 1. The Labute approximate surface area is 168 Å². The predicted octanol–water partition coefficient (Wildman–Crippen LogP) is 2.95. The lowest BCUT2D eigenvalue weighted by Crippen LogP contribution is -2.28. The van der Waals surface area contributed by atoms with E-state index in [2.05, 4.69) is 15.6 Å². The van der Waals surface area contributed by atoms with Crippen molar-refractivity contribution < 1.29 is 19.1 Å². The van der Waals surface area contributed by atoms with Gasteiger partial charge in [0.05, 0.1) is 11.1 Å². The number of ether oxygens (including phenoxy) is 1. The summed E-state index contributed by atoms with van der Waals surface area (Å²) >= 11 is 0. The van der Waals surface area contributed by atoms with Gasteiger partial charge >= 0.3 is 6.03 Å². The zero-order valence-corrected chi connectivity index (χ0v) is 16.1. The van der Waals surface area contributed by atoms with Crippen LogP contribution in [0.2, 0.25) is 0 Å². The van der Waals surface area contributed by atoms with E-state index in [0.717, 1.165) is 36.1 Å². The third kappa shape index (κ3) is 3.91. The maximum atomic E-state index is 12.3. The van der Waals surface area contributed by atoms with Gasteiger partial charge in [-0.25, -0.2) is 9.78 Å². The molecule has 2 N–H and O–H groups in total. The molecule has 0 radical (unpaired) electrons. The van der Waals surface area contributed by atoms with Gasteiger partial charge in [0.1, 0.15) is 6.10 Å². The molecule has 1 aromatic heterocycles. The lowest BCUT2D eigenvalue weighted by Gasteiger charge is -2.15. The number of benzene rings is 1. The van der Waals surface area contributed by atoms with Crippen molar-refractivity contribution in [3.8, 4) is 5.88 Å². The van der Waals surface area contributed by atoms with Gasteiger partial charge in [0.15, 0.2) is 0 Å². The van der Waals surface area contributed by atoms with E-state index < -0.39 is 6.03 Å². The molecule has 2 aliphatic rings. The third-order valence-electron chi connectivity index (χ3n) is 5.22. The summed E-state index contributed by atoms with van der Waals surface area (Å²) in [5.41, 5.74) is 1.86. The Balaban J connectivity index is 1.38. The molecule has 1 aliphatic heterocycles. The molecule has 1 aliphatic carbocycles. The third-order valence-corrected chi connectivity index (χ3v) is 5.22. The fourth-order valence-electron chi connectivity index (χ4n) is 3.62. The SMILES string of the molecule is CN1C(=O)c2ccc(NC(=O)NCc3cccnc3OC3CCCC3)cc2C1=O. The van der Waals surface area contributed by atoms with Crippen LogP contribution < -0.4 is 15.4 Å². The summed E-state index contributed by atoms with van der Waals surface area (Å²) in [6.45, 7) is 0.257. The summed E-state index contributed by atoms with van der Waals surface area (Å²) in [6.07, 6.45) is 6.24. The van der Waals surface area contributed by atoms with Crippen molar-refractivity contribution >= 4 is 23.5 Å². The normalized spacial score (nSPS) is 16.1. The second-order valence-electron chi connectivity index (χ2n) is 7.23. The number of fused-ring (bicyclic) bond motifs is 1. The Morgan fingerprint density at radius 3 is 2.72 bits per heavy atom. The highest BCUT2D eigenvalue weighted by Crippen LogP contribution is 2.26. The van der Waals surface area contributed by atoms with E-state index in [4.69, 9.17) is 4.74 Å². The Kier molecular flexibility index (Phi) is 5.16. The molecule has 0 saturated heterocycles. The van der Waals surface area contributed by atoms with Gasteiger partial charge in [-0.1, -0.05) is 6.07 Å². The first-order chi connectivity index (χ1) is 14.0. The van der Waals surface area contributed by atoms with E-state index in [1.165, 1.54) is 13.1 Å². The van der Waals surface area contributed by atoms with Crippen molar-refractivity contribution in [3.63, 3.8) is 0 Å². The molecule has 8 nitrogen and oxygen atoms in total. The summed E-state index contributed by atoms with van der Waals surface area (Å²) in [5, 5.41) is 5.47. The van der Waals surface area contributed by atoms with Gasteiger partial charge in [-0.3, -0.25) is 14.5 Å². The number of carbonyl (C=O) groups is 3. The maximum absolute atomic E-state index is 12.3. The minimum atomic E-state index is -0.425. The first kappa shape index (κ1) is 18.9. The number of carbonyl (C=O) groups excluding carboxylic acids is 3. The van der Waals surface area contributed by atoms with Crippen molar-refractivity contribution in [2.75, 3.05) is 12.4 Å². The highest BCUT2D eigenvalue weighted by molar-refractivity contribution is 6.21. The monoisotopic (exact) mass is 394 g/mol. The molecular formula is C21H22N4O4. The van der Waals surface area contributed by atoms with Crippen molar-refractivity contribution in [2.45, 2.75) is 38.3 Å². The van der Waals surface area contributed by atoms with Crippen LogP contribution in [-0.2, 0) is 6.54 Å². The average molecular weight is 394 g/mol. The molecule has 0 spiro atoms. The van der Waals surface area contributed by atoms with Gasteiger partial charge in [0.25, 0.3) is 11.8 Å². The minimum Gasteiger partial charge on any atom is -0.474 e. The fraction of sp³-hybridized carbons (Fsp3) is 0.333. The topological polar surface area (TPSA) is 101 Å². The van der Waals surface area contributed by atoms with Gasteiger partial charge in [-0.2, -0.15) is 0 Å². The van der Waals surface area contributed by atoms with Gasteiger partial charge in [-0.15, -0.1) is 0 Å². The van der Waals surface area contributed by atoms with Crippen molar-refractivity contribution in [3.05, 3.63) is 53.2 Å². The number of hydrogen-bond donors (Lipinski definition) is 2. The molecule has 0 atom stereocenters. The first-order valence-electron chi connectivity index (χ1n) is 9.65. The van der Waals surface area contributed by atoms with Crippen LogP contribution in [0.3, 0.4) is 0 Å². The molecule has 0 bridgehead atoms. The molecule has 1 saturated carbocycles. The largest absolute Gasteiger partial charge is 0.474 e. The smallest absolute Gasteiger partial charge is 0.319 e. The van der Waals surface area contributed by atoms with Crippen LogP contribution in [0.5, 0.6) is 5.88 Å². The lowest BCUT2D eigenvalue weighted by molar-refractivity contribution is 0.0693. The highest BCUT2D eigenvalue weighted by atomic mass is 16.5. The molecule has 2 heterocycles. The molecular weight excluding hydrogens is 372 g/mol. The Morgan fingerprint density at radius 1 is 1.17 bits per heavy atom. The molecule has 29 heavy (non-hydrogen) atoms. The quantitative estimate of drug-likeness (QED) is 0.760. The number of hydrogen-bond acceptors (Lipinski definition) is 5. The van der Waals surface area contributed by atoms with Gasteiger partial charge in [0, 0.05) is 31.0 Å². The van der Waals surface area contributed by atoms with Crippen LogP contribution in [0.1, 0.15) is 52.0 Å². The van der Waals surface area contributed by atoms with Gasteiger partial charge in [0.2, 0.25) is 5.88 Å². The zero-order valence-electron chi connectivity index (χ0n) is 16.1. The fourth-order valence-corrected chi connectivity index (χ4v) is 3.62. The van der Waals surface area contributed by atoms with E-state index in [-0.39, 0.29) is 30.0 Å². The number of amides is 4. The summed E-state index contributed by atoms with van der Waals surface area (Å²) in [5.74, 6) is -0.171. The molecule has 4 amide bonds. The van der Waals surface area contributed by atoms with E-state index in [1.807, 2.05) is 6.07 Å². The summed E-state index contributed by atoms with van der Waals surface area (Å²) in [6, 6.07) is 7.90. The average Bonchev–Trinajstić information content (AvgIpc) is 3.31. The second-order valence-corrected chi connectivity index (χ2v) is 7.23. The number of aromatic nitrogens is 1. The highest BCUT2D eigenvalue weighted by Gasteiger charge is 2.32. The minimum absolute atomic E-state index is 0.183. The number of imide groups is 1.